The molecule has 1 aliphatic carbocycles. The minimum Gasteiger partial charge on any atom is -0.461 e. The maximum absolute atomic E-state index is 13.5. The van der Waals surface area contributed by atoms with Gasteiger partial charge >= 0.3 is 12.1 Å². The molecule has 0 saturated carbocycles. The van der Waals surface area contributed by atoms with Crippen molar-refractivity contribution in [2.24, 2.45) is 0 Å². The average molecular weight is 570 g/mol. The monoisotopic (exact) mass is 569 g/mol. The van der Waals surface area contributed by atoms with Crippen LogP contribution in [0.5, 0.6) is 0 Å². The summed E-state index contributed by atoms with van der Waals surface area (Å²) in [5.41, 5.74) is 5.97. The highest BCUT2D eigenvalue weighted by atomic mass is 31.2. The van der Waals surface area contributed by atoms with Gasteiger partial charge in [0.25, 0.3) is 0 Å². The summed E-state index contributed by atoms with van der Waals surface area (Å²) in [4.78, 5) is 36.4. The van der Waals surface area contributed by atoms with E-state index in [-0.39, 0.29) is 38.1 Å². The molecule has 0 radical (unpaired) electrons. The molecule has 41 heavy (non-hydrogen) atoms. The highest BCUT2D eigenvalue weighted by Crippen LogP contribution is 2.47. The number of carbonyl (C=O) groups excluding carboxylic acids is 2. The second-order valence-electron chi connectivity index (χ2n) is 10.1. The summed E-state index contributed by atoms with van der Waals surface area (Å²) in [6.07, 6.45) is -1.26. The van der Waals surface area contributed by atoms with Gasteiger partial charge in [-0.25, -0.2) is 4.79 Å². The van der Waals surface area contributed by atoms with Crippen LogP contribution in [-0.4, -0.2) is 35.5 Å². The molecular formula is C33H32NO6P. The smallest absolute Gasteiger partial charge is 0.407 e. The minimum absolute atomic E-state index is 0.0828. The lowest BCUT2D eigenvalue weighted by atomic mass is 9.98. The van der Waals surface area contributed by atoms with E-state index in [1.54, 1.807) is 0 Å². The Bertz CT molecular complexity index is 1500. The van der Waals surface area contributed by atoms with E-state index in [1.807, 2.05) is 97.1 Å². The Labute approximate surface area is 239 Å². The van der Waals surface area contributed by atoms with E-state index in [9.17, 15) is 19.0 Å². The van der Waals surface area contributed by atoms with Gasteiger partial charge in [-0.15, -0.1) is 0 Å². The van der Waals surface area contributed by atoms with Crippen molar-refractivity contribution in [3.63, 3.8) is 0 Å². The first-order valence-corrected chi connectivity index (χ1v) is 15.5. The molecule has 0 spiro atoms. The van der Waals surface area contributed by atoms with Gasteiger partial charge in [0.1, 0.15) is 19.0 Å². The third kappa shape index (κ3) is 7.12. The number of ether oxygens (including phenoxy) is 2. The van der Waals surface area contributed by atoms with Crippen LogP contribution in [-0.2, 0) is 31.9 Å². The standard InChI is InChI=1S/C33H32NO6P/c35-32(39-22-25-13-5-2-6-14-25)19-20-41(37,38)31(21-24-11-3-1-4-12-24)34-33(36)40-23-30-28-17-9-7-15-26(28)27-16-8-10-18-29(27)30/h1-18,30-31H,19-23H2,(H,34,36)(H,37,38). The lowest BCUT2D eigenvalue weighted by Crippen LogP contribution is -2.38. The predicted molar refractivity (Wildman–Crippen MR) is 158 cm³/mol. The number of nitrogens with one attached hydrogen (secondary N) is 1. The van der Waals surface area contributed by atoms with Crippen molar-refractivity contribution in [2.45, 2.75) is 31.1 Å². The largest absolute Gasteiger partial charge is 0.461 e. The van der Waals surface area contributed by atoms with Crippen molar-refractivity contribution < 1.29 is 28.5 Å². The summed E-state index contributed by atoms with van der Waals surface area (Å²) in [6, 6.07) is 34.4. The van der Waals surface area contributed by atoms with E-state index in [1.165, 1.54) is 0 Å². The first-order valence-electron chi connectivity index (χ1n) is 13.6. The molecule has 0 aromatic heterocycles. The fraction of sp³-hybridized carbons (Fsp3) is 0.212. The molecule has 210 valence electrons. The number of esters is 1. The van der Waals surface area contributed by atoms with Gasteiger partial charge in [0.05, 0.1) is 6.42 Å². The molecule has 2 atom stereocenters. The Morgan fingerprint density at radius 3 is 1.90 bits per heavy atom. The van der Waals surface area contributed by atoms with Crippen LogP contribution in [0.15, 0.2) is 109 Å². The van der Waals surface area contributed by atoms with Gasteiger partial charge in [-0.05, 0) is 33.4 Å². The summed E-state index contributed by atoms with van der Waals surface area (Å²) in [7, 11) is -4.04. The van der Waals surface area contributed by atoms with Gasteiger partial charge in [0.15, 0.2) is 0 Å². The number of benzene rings is 4. The molecule has 0 fully saturated rings. The first-order chi connectivity index (χ1) is 19.9. The second-order valence-corrected chi connectivity index (χ2v) is 12.6. The predicted octanol–water partition coefficient (Wildman–Crippen LogP) is 6.50. The van der Waals surface area contributed by atoms with E-state index >= 15 is 0 Å². The van der Waals surface area contributed by atoms with Crippen molar-refractivity contribution in [1.29, 1.82) is 0 Å². The number of hydrogen-bond acceptors (Lipinski definition) is 5. The Morgan fingerprint density at radius 1 is 0.756 bits per heavy atom. The number of hydrogen-bond donors (Lipinski definition) is 2. The van der Waals surface area contributed by atoms with Crippen molar-refractivity contribution in [3.8, 4) is 11.1 Å². The average Bonchev–Trinajstić information content (AvgIpc) is 3.32. The minimum atomic E-state index is -4.04. The molecule has 0 saturated heterocycles. The van der Waals surface area contributed by atoms with Crippen LogP contribution in [0.4, 0.5) is 4.79 Å². The summed E-state index contributed by atoms with van der Waals surface area (Å²) in [6.45, 7) is 0.167. The Hall–Kier alpha value is -4.19. The van der Waals surface area contributed by atoms with Crippen molar-refractivity contribution in [1.82, 2.24) is 5.32 Å². The molecular weight excluding hydrogens is 537 g/mol. The molecule has 4 aromatic rings. The third-order valence-electron chi connectivity index (χ3n) is 7.27. The quantitative estimate of drug-likeness (QED) is 0.158. The Kier molecular flexibility index (Phi) is 8.98. The molecule has 1 aliphatic rings. The summed E-state index contributed by atoms with van der Waals surface area (Å²) in [5.74, 6) is -1.86. The van der Waals surface area contributed by atoms with E-state index in [2.05, 4.69) is 17.4 Å². The Balaban J connectivity index is 1.23. The van der Waals surface area contributed by atoms with Crippen LogP contribution in [0.3, 0.4) is 0 Å². The van der Waals surface area contributed by atoms with E-state index in [4.69, 9.17) is 9.47 Å². The second kappa shape index (κ2) is 13.0. The number of carbonyl (C=O) groups is 2. The molecule has 5 rings (SSSR count). The van der Waals surface area contributed by atoms with Gasteiger partial charge in [-0.1, -0.05) is 109 Å². The lowest BCUT2D eigenvalue weighted by Gasteiger charge is -2.24. The highest BCUT2D eigenvalue weighted by Gasteiger charge is 2.34. The molecule has 0 aliphatic heterocycles. The number of rotatable bonds is 11. The zero-order chi connectivity index (χ0) is 28.7. The fourth-order valence-electron chi connectivity index (χ4n) is 5.13. The van der Waals surface area contributed by atoms with Crippen LogP contribution in [0, 0.1) is 0 Å². The van der Waals surface area contributed by atoms with Gasteiger partial charge in [-0.3, -0.25) is 9.36 Å². The SMILES string of the molecule is O=C(CCP(=O)(O)C(Cc1ccccc1)NC(=O)OCC1c2ccccc2-c2ccccc21)OCc1ccccc1. The number of amides is 1. The number of alkyl carbamates (subject to hydrolysis) is 1. The van der Waals surface area contributed by atoms with Crippen molar-refractivity contribution in [3.05, 3.63) is 131 Å². The maximum atomic E-state index is 13.5. The molecule has 2 N–H and O–H groups in total. The van der Waals surface area contributed by atoms with Crippen molar-refractivity contribution in [2.75, 3.05) is 12.8 Å². The summed E-state index contributed by atoms with van der Waals surface area (Å²) >= 11 is 0. The zero-order valence-corrected chi connectivity index (χ0v) is 23.4. The van der Waals surface area contributed by atoms with Crippen LogP contribution in [0.25, 0.3) is 11.1 Å². The van der Waals surface area contributed by atoms with Gasteiger partial charge in [0, 0.05) is 18.5 Å². The molecule has 0 heterocycles. The molecule has 8 heteroatoms. The molecule has 4 aromatic carbocycles. The maximum Gasteiger partial charge on any atom is 0.407 e. The van der Waals surface area contributed by atoms with E-state index < -0.39 is 25.2 Å². The third-order valence-corrected chi connectivity index (χ3v) is 9.42. The van der Waals surface area contributed by atoms with Gasteiger partial charge in [0.2, 0.25) is 7.37 Å². The van der Waals surface area contributed by atoms with Gasteiger partial charge < -0.3 is 19.7 Å². The molecule has 0 bridgehead atoms. The Morgan fingerprint density at radius 2 is 1.29 bits per heavy atom. The van der Waals surface area contributed by atoms with Crippen LogP contribution in [0.2, 0.25) is 0 Å². The van der Waals surface area contributed by atoms with Crippen LogP contribution >= 0.6 is 7.37 Å². The normalized spacial score (nSPS) is 14.3. The lowest BCUT2D eigenvalue weighted by molar-refractivity contribution is -0.144. The molecule has 2 unspecified atom stereocenters. The molecule has 1 amide bonds. The highest BCUT2D eigenvalue weighted by molar-refractivity contribution is 7.58. The first kappa shape index (κ1) is 28.3. The van der Waals surface area contributed by atoms with Gasteiger partial charge in [-0.2, -0.15) is 0 Å². The van der Waals surface area contributed by atoms with E-state index in [0.717, 1.165) is 33.4 Å². The topological polar surface area (TPSA) is 102 Å². The van der Waals surface area contributed by atoms with Crippen molar-refractivity contribution >= 4 is 19.4 Å². The summed E-state index contributed by atoms with van der Waals surface area (Å²) in [5, 5.41) is 2.63. The number of fused-ring (bicyclic) bond motifs is 3. The zero-order valence-electron chi connectivity index (χ0n) is 22.5. The van der Waals surface area contributed by atoms with E-state index in [0.29, 0.717) is 0 Å². The molecule has 7 nitrogen and oxygen atoms in total. The summed E-state index contributed by atoms with van der Waals surface area (Å²) < 4.78 is 24.4. The van der Waals surface area contributed by atoms with Crippen LogP contribution in [0.1, 0.15) is 34.6 Å². The fourth-order valence-corrected chi connectivity index (χ4v) is 6.74. The van der Waals surface area contributed by atoms with Crippen LogP contribution < -0.4 is 5.32 Å².